The van der Waals surface area contributed by atoms with E-state index in [0.29, 0.717) is 5.39 Å². The molecule has 0 aliphatic heterocycles. The molecule has 0 aliphatic rings. The topological polar surface area (TPSA) is 3.88 Å². The number of benzene rings is 6. The van der Waals surface area contributed by atoms with Gasteiger partial charge >= 0.3 is 55.6 Å². The molecule has 1 nitrogen and oxygen atoms in total. The molecule has 0 saturated heterocycles. The van der Waals surface area contributed by atoms with Crippen LogP contribution in [-0.4, -0.2) is 6.15 Å². The average Bonchev–Trinajstić information content (AvgIpc) is 3.29. The van der Waals surface area contributed by atoms with Crippen LogP contribution >= 0.6 is 0 Å². The van der Waals surface area contributed by atoms with E-state index in [0.717, 1.165) is 5.56 Å². The lowest BCUT2D eigenvalue weighted by molar-refractivity contribution is -0.705. The monoisotopic (exact) mass is 1150 g/mol. The minimum atomic E-state index is -6.13. The zero-order valence-corrected chi connectivity index (χ0v) is 37.7. The predicted molar refractivity (Wildman–Crippen MR) is 225 cm³/mol. The molecule has 29 heteroatoms. The van der Waals surface area contributed by atoms with Gasteiger partial charge in [0.15, 0.2) is 12.7 Å². The molecule has 0 spiro atoms. The van der Waals surface area contributed by atoms with E-state index in [1.807, 2.05) is 30.3 Å². The Balaban J connectivity index is 0.000000387. The number of hydrogen-bond acceptors (Lipinski definition) is 0. The van der Waals surface area contributed by atoms with Gasteiger partial charge in [-0.2, -0.15) is 145 Å². The molecule has 0 atom stereocenters. The average molecular weight is 1150 g/mol. The number of hydrogen-bond donors (Lipinski definition) is 0. The van der Waals surface area contributed by atoms with Crippen molar-refractivity contribution in [1.82, 2.24) is 0 Å². The van der Waals surface area contributed by atoms with Gasteiger partial charge in [0.25, 0.3) is 5.69 Å². The van der Waals surface area contributed by atoms with E-state index in [1.54, 1.807) is 24.3 Å². The molecule has 0 aliphatic carbocycles. The van der Waals surface area contributed by atoms with Crippen molar-refractivity contribution >= 4 is 38.8 Å². The molecule has 6 aromatic carbocycles. The molecule has 0 amide bonds. The maximum Gasteiger partial charge on any atom is 0.478 e. The Hall–Kier alpha value is -7.10. The van der Waals surface area contributed by atoms with E-state index in [-0.39, 0.29) is 11.9 Å². The fraction of sp³-hybridized carbons (Fsp3) is 0.204. The summed E-state index contributed by atoms with van der Waals surface area (Å²) in [5.41, 5.74) is -30.0. The second-order valence-corrected chi connectivity index (χ2v) is 17.1. The second kappa shape index (κ2) is 20.3. The number of aromatic nitrogens is 1. The Labute approximate surface area is 419 Å². The Kier molecular flexibility index (Phi) is 15.6. The molecule has 7 rings (SSSR count). The Morgan fingerprint density at radius 1 is 0.282 bits per heavy atom. The largest absolute Gasteiger partial charge is 0.478 e. The molecule has 78 heavy (non-hydrogen) atoms. The third kappa shape index (κ3) is 13.2. The molecular weight excluding hydrogens is 1130 g/mol. The van der Waals surface area contributed by atoms with Crippen LogP contribution in [0.3, 0.4) is 0 Å². The van der Waals surface area contributed by atoms with Crippen molar-refractivity contribution in [3.63, 3.8) is 0 Å². The quantitative estimate of drug-likeness (QED) is 0.0888. The van der Waals surface area contributed by atoms with Crippen molar-refractivity contribution in [2.45, 2.75) is 62.1 Å². The van der Waals surface area contributed by atoms with Crippen LogP contribution in [-0.2, 0) is 62.1 Å². The second-order valence-electron chi connectivity index (χ2n) is 17.1. The standard InChI is InChI=1S/C32H12BF24.C17H13F3N/c34-25(35,36)13-1-14(26(37,38)39)6-21(5-13)33(22-7-15(27(40,41)42)2-16(8-22)28(43,44)45,23-9-17(29(46,47)48)3-18(10-23)30(49,50)51)24-11-19(31(52,53)54)4-20(12-24)32(55,56)57;18-17(19,20)16-15-9-5-4-8-14(15)10-11-21(16)12-13-6-2-1-3-7-13/h1-12H;1-11H,12H2/q-1;+1. The van der Waals surface area contributed by atoms with Crippen molar-refractivity contribution in [1.29, 1.82) is 0 Å². The fourth-order valence-electron chi connectivity index (χ4n) is 8.56. The van der Waals surface area contributed by atoms with Gasteiger partial charge in [-0.3, -0.25) is 0 Å². The number of pyridine rings is 1. The van der Waals surface area contributed by atoms with Crippen LogP contribution in [0.2, 0.25) is 0 Å². The zero-order chi connectivity index (χ0) is 58.8. The van der Waals surface area contributed by atoms with E-state index in [1.165, 1.54) is 16.8 Å². The van der Waals surface area contributed by atoms with E-state index >= 15 is 0 Å². The summed E-state index contributed by atoms with van der Waals surface area (Å²) < 4.78 is 382. The first kappa shape index (κ1) is 60.1. The van der Waals surface area contributed by atoms with Crippen LogP contribution in [0.4, 0.5) is 119 Å². The highest BCUT2D eigenvalue weighted by Gasteiger charge is 2.48. The highest BCUT2D eigenvalue weighted by molar-refractivity contribution is 7.20. The normalized spacial score (nSPS) is 13.6. The molecule has 418 valence electrons. The van der Waals surface area contributed by atoms with Crippen molar-refractivity contribution in [3.8, 4) is 0 Å². The van der Waals surface area contributed by atoms with Gasteiger partial charge in [0, 0.05) is 11.6 Å². The fourth-order valence-corrected chi connectivity index (χ4v) is 8.56. The highest BCUT2D eigenvalue weighted by atomic mass is 19.4. The van der Waals surface area contributed by atoms with Gasteiger partial charge in [0.2, 0.25) is 0 Å². The van der Waals surface area contributed by atoms with Gasteiger partial charge in [-0.15, -0.1) is 0 Å². The molecular formula is C49H25BF27N. The van der Waals surface area contributed by atoms with Gasteiger partial charge < -0.3 is 0 Å². The third-order valence-corrected chi connectivity index (χ3v) is 11.8. The SMILES string of the molecule is FC(F)(F)c1c2ccccc2cc[n+]1Cc1ccccc1.FC(F)(F)c1cc([B-](c2cc(C(F)(F)F)cc(C(F)(F)F)c2)(c2cc(C(F)(F)F)cc(C(F)(F)F)c2)c2cc(C(F)(F)F)cc(C(F)(F)F)c2)cc(C(F)(F)F)c1. The lowest BCUT2D eigenvalue weighted by atomic mass is 9.12. The maximum atomic E-state index is 14.2. The number of fused-ring (bicyclic) bond motifs is 1. The molecule has 0 radical (unpaired) electrons. The summed E-state index contributed by atoms with van der Waals surface area (Å²) in [6, 6.07) is 8.62. The molecule has 0 N–H and O–H groups in total. The molecule has 0 fully saturated rings. The smallest absolute Gasteiger partial charge is 0.194 e. The Bertz CT molecular complexity index is 2860. The Morgan fingerprint density at radius 2 is 0.538 bits per heavy atom. The van der Waals surface area contributed by atoms with Crippen molar-refractivity contribution in [2.24, 2.45) is 0 Å². The number of alkyl halides is 27. The predicted octanol–water partition coefficient (Wildman–Crippen LogP) is 15.4. The van der Waals surface area contributed by atoms with E-state index < -0.39 is 207 Å². The van der Waals surface area contributed by atoms with Crippen LogP contribution in [0.5, 0.6) is 0 Å². The van der Waals surface area contributed by atoms with Gasteiger partial charge in [0.1, 0.15) is 6.15 Å². The van der Waals surface area contributed by atoms with Crippen molar-refractivity contribution < 1.29 is 123 Å². The minimum absolute atomic E-state index is 0.195. The van der Waals surface area contributed by atoms with Crippen LogP contribution in [0.15, 0.2) is 140 Å². The van der Waals surface area contributed by atoms with Gasteiger partial charge in [-0.05, 0) is 35.7 Å². The van der Waals surface area contributed by atoms with Crippen LogP contribution < -0.4 is 26.4 Å². The summed E-state index contributed by atoms with van der Waals surface area (Å²) in [7, 11) is 0. The number of halogens is 27. The lowest BCUT2D eigenvalue weighted by Crippen LogP contribution is -2.75. The molecule has 7 aromatic rings. The summed E-state index contributed by atoms with van der Waals surface area (Å²) in [5, 5.41) is 0.817. The highest BCUT2D eigenvalue weighted by Crippen LogP contribution is 2.42. The first-order valence-electron chi connectivity index (χ1n) is 21.2. The molecule has 1 aromatic heterocycles. The van der Waals surface area contributed by atoms with Gasteiger partial charge in [-0.1, -0.05) is 97.1 Å². The summed E-state index contributed by atoms with van der Waals surface area (Å²) in [6.07, 6.45) is -57.7. The number of nitrogens with zero attached hydrogens (tertiary/aromatic N) is 1. The van der Waals surface area contributed by atoms with Crippen LogP contribution in [0.1, 0.15) is 55.8 Å². The maximum absolute atomic E-state index is 14.2. The van der Waals surface area contributed by atoms with Crippen LogP contribution in [0.25, 0.3) is 10.8 Å². The minimum Gasteiger partial charge on any atom is -0.194 e. The first-order valence-corrected chi connectivity index (χ1v) is 21.2. The van der Waals surface area contributed by atoms with Gasteiger partial charge in [-0.25, -0.2) is 0 Å². The summed E-state index contributed by atoms with van der Waals surface area (Å²) in [5.74, 6) is 0. The molecule has 0 unspecified atom stereocenters. The Morgan fingerprint density at radius 3 is 0.795 bits per heavy atom. The van der Waals surface area contributed by atoms with Gasteiger partial charge in [0.05, 0.1) is 49.9 Å². The van der Waals surface area contributed by atoms with Crippen LogP contribution in [0, 0.1) is 0 Å². The zero-order valence-electron chi connectivity index (χ0n) is 37.7. The van der Waals surface area contributed by atoms with E-state index in [9.17, 15) is 119 Å². The molecule has 0 saturated carbocycles. The molecule has 0 bridgehead atoms. The summed E-state index contributed by atoms with van der Waals surface area (Å²) in [6.45, 7) is 0.195. The van der Waals surface area contributed by atoms with E-state index in [4.69, 9.17) is 0 Å². The summed E-state index contributed by atoms with van der Waals surface area (Å²) in [4.78, 5) is 0. The van der Waals surface area contributed by atoms with Crippen molar-refractivity contribution in [2.75, 3.05) is 0 Å². The lowest BCUT2D eigenvalue weighted by Gasteiger charge is -2.46. The third-order valence-electron chi connectivity index (χ3n) is 11.8. The van der Waals surface area contributed by atoms with E-state index in [2.05, 4.69) is 0 Å². The summed E-state index contributed by atoms with van der Waals surface area (Å²) >= 11 is 0. The molecule has 1 heterocycles. The first-order chi connectivity index (χ1) is 35.3. The van der Waals surface area contributed by atoms with Crippen molar-refractivity contribution in [3.05, 3.63) is 195 Å². The number of rotatable bonds is 6.